The average molecular weight is 374 g/mol. The predicted octanol–water partition coefficient (Wildman–Crippen LogP) is 1.05. The van der Waals surface area contributed by atoms with Gasteiger partial charge in [-0.3, -0.25) is 4.79 Å². The smallest absolute Gasteiger partial charge is 0.383 e. The molecular weight excluding hydrogens is 349 g/mol. The van der Waals surface area contributed by atoms with Crippen LogP contribution >= 0.6 is 0 Å². The molecule has 0 aromatic heterocycles. The quantitative estimate of drug-likeness (QED) is 0.779. The molecule has 1 heterocycles. The number of rotatable bonds is 6. The summed E-state index contributed by atoms with van der Waals surface area (Å²) in [6, 6.07) is 2.79. The van der Waals surface area contributed by atoms with Crippen LogP contribution in [0.5, 0.6) is 0 Å². The van der Waals surface area contributed by atoms with Gasteiger partial charge in [0.2, 0.25) is 5.91 Å². The number of carbonyl (C=O) groups is 1. The molecule has 1 aromatic rings. The van der Waals surface area contributed by atoms with Crippen LogP contribution in [0.1, 0.15) is 11.1 Å². The second-order valence-electron chi connectivity index (χ2n) is 6.41. The van der Waals surface area contributed by atoms with Crippen LogP contribution in [0.2, 0.25) is 0 Å². The lowest BCUT2D eigenvalue weighted by molar-refractivity contribution is -0.137. The first-order valence-electron chi connectivity index (χ1n) is 8.38. The molecule has 0 saturated carbocycles. The summed E-state index contributed by atoms with van der Waals surface area (Å²) >= 11 is 0. The van der Waals surface area contributed by atoms with Crippen molar-refractivity contribution < 1.29 is 22.7 Å². The monoisotopic (exact) mass is 374 g/mol. The standard InChI is InChI=1S/C17H25F3N4O2/c1-23-5-7-24(8-6-23)15-4-3-13(17(18,19)20)9-12(15)10-22-16(25)14(21)11-26-2/h3-4,9,14H,5-8,10-11,21H2,1-2H3,(H,22,25). The van der Waals surface area contributed by atoms with E-state index < -0.39 is 23.7 Å². The Morgan fingerprint density at radius 2 is 1.96 bits per heavy atom. The third-order valence-corrected chi connectivity index (χ3v) is 4.39. The maximum Gasteiger partial charge on any atom is 0.416 e. The van der Waals surface area contributed by atoms with Gasteiger partial charge in [0.1, 0.15) is 6.04 Å². The number of nitrogens with one attached hydrogen (secondary N) is 1. The van der Waals surface area contributed by atoms with Crippen molar-refractivity contribution in [3.8, 4) is 0 Å². The summed E-state index contributed by atoms with van der Waals surface area (Å²) in [7, 11) is 3.42. The summed E-state index contributed by atoms with van der Waals surface area (Å²) in [6.45, 7) is 3.09. The number of likely N-dealkylation sites (N-methyl/N-ethyl adjacent to an activating group) is 1. The molecular formula is C17H25F3N4O2. The Hall–Kier alpha value is -1.84. The van der Waals surface area contributed by atoms with Crippen molar-refractivity contribution in [1.29, 1.82) is 0 Å². The van der Waals surface area contributed by atoms with Crippen LogP contribution in [0.4, 0.5) is 18.9 Å². The van der Waals surface area contributed by atoms with Gasteiger partial charge >= 0.3 is 6.18 Å². The van der Waals surface area contributed by atoms with Crippen molar-refractivity contribution in [2.75, 3.05) is 51.8 Å². The summed E-state index contributed by atoms with van der Waals surface area (Å²) in [5.74, 6) is -0.464. The number of anilines is 1. The van der Waals surface area contributed by atoms with E-state index in [9.17, 15) is 18.0 Å². The van der Waals surface area contributed by atoms with E-state index in [1.165, 1.54) is 13.2 Å². The largest absolute Gasteiger partial charge is 0.416 e. The van der Waals surface area contributed by atoms with E-state index in [0.717, 1.165) is 25.2 Å². The first-order valence-corrected chi connectivity index (χ1v) is 8.38. The van der Waals surface area contributed by atoms with Gasteiger partial charge in [-0.2, -0.15) is 13.2 Å². The van der Waals surface area contributed by atoms with E-state index in [1.807, 2.05) is 11.9 Å². The molecule has 1 aliphatic rings. The highest BCUT2D eigenvalue weighted by Crippen LogP contribution is 2.33. The third-order valence-electron chi connectivity index (χ3n) is 4.39. The third kappa shape index (κ3) is 5.33. The van der Waals surface area contributed by atoms with Crippen molar-refractivity contribution in [2.45, 2.75) is 18.8 Å². The van der Waals surface area contributed by atoms with Crippen LogP contribution in [0, 0.1) is 0 Å². The van der Waals surface area contributed by atoms with Gasteiger partial charge in [-0.05, 0) is 30.8 Å². The van der Waals surface area contributed by atoms with Crippen LogP contribution < -0.4 is 16.0 Å². The molecule has 26 heavy (non-hydrogen) atoms. The minimum atomic E-state index is -4.44. The second kappa shape index (κ2) is 8.70. The predicted molar refractivity (Wildman–Crippen MR) is 92.9 cm³/mol. The number of benzene rings is 1. The van der Waals surface area contributed by atoms with Crippen molar-refractivity contribution in [2.24, 2.45) is 5.73 Å². The number of carbonyl (C=O) groups excluding carboxylic acids is 1. The number of halogens is 3. The zero-order chi connectivity index (χ0) is 19.3. The second-order valence-corrected chi connectivity index (χ2v) is 6.41. The Labute approximate surface area is 151 Å². The highest BCUT2D eigenvalue weighted by atomic mass is 19.4. The van der Waals surface area contributed by atoms with Crippen LogP contribution in [0.3, 0.4) is 0 Å². The molecule has 0 radical (unpaired) electrons. The van der Waals surface area contributed by atoms with Gasteiger partial charge in [-0.1, -0.05) is 0 Å². The number of nitrogens with two attached hydrogens (primary N) is 1. The lowest BCUT2D eigenvalue weighted by Gasteiger charge is -2.35. The Kier molecular flexibility index (Phi) is 6.85. The molecule has 3 N–H and O–H groups in total. The van der Waals surface area contributed by atoms with Crippen LogP contribution in [0.25, 0.3) is 0 Å². The number of hydrogen-bond acceptors (Lipinski definition) is 5. The number of piperazine rings is 1. The molecule has 1 unspecified atom stereocenters. The zero-order valence-electron chi connectivity index (χ0n) is 15.0. The van der Waals surface area contributed by atoms with E-state index in [2.05, 4.69) is 10.2 Å². The van der Waals surface area contributed by atoms with Gasteiger partial charge in [0.15, 0.2) is 0 Å². The Morgan fingerprint density at radius 3 is 2.54 bits per heavy atom. The van der Waals surface area contributed by atoms with Gasteiger partial charge in [0.05, 0.1) is 12.2 Å². The molecule has 1 aliphatic heterocycles. The molecule has 146 valence electrons. The molecule has 0 bridgehead atoms. The van der Waals surface area contributed by atoms with Crippen molar-refractivity contribution in [3.05, 3.63) is 29.3 Å². The summed E-state index contributed by atoms with van der Waals surface area (Å²) in [4.78, 5) is 16.2. The fourth-order valence-corrected chi connectivity index (χ4v) is 2.83. The van der Waals surface area contributed by atoms with Gasteiger partial charge < -0.3 is 25.6 Å². The van der Waals surface area contributed by atoms with Gasteiger partial charge in [-0.25, -0.2) is 0 Å². The van der Waals surface area contributed by atoms with Crippen LogP contribution in [-0.2, 0) is 22.3 Å². The van der Waals surface area contributed by atoms with Gasteiger partial charge in [0, 0.05) is 45.5 Å². The molecule has 2 rings (SSSR count). The number of nitrogens with zero attached hydrogens (tertiary/aromatic N) is 2. The number of methoxy groups -OCH3 is 1. The molecule has 1 saturated heterocycles. The SMILES string of the molecule is COCC(N)C(=O)NCc1cc(C(F)(F)F)ccc1N1CCN(C)CC1. The van der Waals surface area contributed by atoms with Gasteiger partial charge in [0.25, 0.3) is 0 Å². The summed E-state index contributed by atoms with van der Waals surface area (Å²) in [5.41, 5.74) is 6.04. The first kappa shape index (κ1) is 20.5. The fourth-order valence-electron chi connectivity index (χ4n) is 2.83. The Balaban J connectivity index is 2.20. The Morgan fingerprint density at radius 1 is 1.31 bits per heavy atom. The minimum absolute atomic E-state index is 0.0260. The lowest BCUT2D eigenvalue weighted by Crippen LogP contribution is -2.45. The molecule has 9 heteroatoms. The first-order chi connectivity index (χ1) is 12.2. The van der Waals surface area contributed by atoms with E-state index in [1.54, 1.807) is 0 Å². The topological polar surface area (TPSA) is 70.8 Å². The molecule has 1 atom stereocenters. The van der Waals surface area contributed by atoms with E-state index in [0.29, 0.717) is 24.3 Å². The van der Waals surface area contributed by atoms with E-state index in [-0.39, 0.29) is 13.2 Å². The van der Waals surface area contributed by atoms with Crippen molar-refractivity contribution in [3.63, 3.8) is 0 Å². The lowest BCUT2D eigenvalue weighted by atomic mass is 10.1. The van der Waals surface area contributed by atoms with E-state index in [4.69, 9.17) is 10.5 Å². The molecule has 0 spiro atoms. The fraction of sp³-hybridized carbons (Fsp3) is 0.588. The van der Waals surface area contributed by atoms with Crippen LogP contribution in [-0.4, -0.2) is 63.8 Å². The highest BCUT2D eigenvalue weighted by molar-refractivity contribution is 5.81. The number of amides is 1. The zero-order valence-corrected chi connectivity index (χ0v) is 15.0. The summed E-state index contributed by atoms with van der Waals surface area (Å²) in [6.07, 6.45) is -4.44. The number of alkyl halides is 3. The van der Waals surface area contributed by atoms with E-state index >= 15 is 0 Å². The van der Waals surface area contributed by atoms with Crippen LogP contribution in [0.15, 0.2) is 18.2 Å². The maximum atomic E-state index is 13.1. The Bertz CT molecular complexity index is 617. The number of hydrogen-bond donors (Lipinski definition) is 2. The van der Waals surface area contributed by atoms with Crippen molar-refractivity contribution in [1.82, 2.24) is 10.2 Å². The van der Waals surface area contributed by atoms with Gasteiger partial charge in [-0.15, -0.1) is 0 Å². The highest BCUT2D eigenvalue weighted by Gasteiger charge is 2.31. The molecule has 1 aromatic carbocycles. The normalized spacial score (nSPS) is 17.2. The number of ether oxygens (including phenoxy) is 1. The molecule has 1 amide bonds. The molecule has 0 aliphatic carbocycles. The minimum Gasteiger partial charge on any atom is -0.383 e. The molecule has 1 fully saturated rings. The maximum absolute atomic E-state index is 13.1. The summed E-state index contributed by atoms with van der Waals surface area (Å²) < 4.78 is 44.1. The van der Waals surface area contributed by atoms with Crippen molar-refractivity contribution >= 4 is 11.6 Å². The summed E-state index contributed by atoms with van der Waals surface area (Å²) in [5, 5.41) is 2.60. The average Bonchev–Trinajstić information content (AvgIpc) is 2.59. The molecule has 6 nitrogen and oxygen atoms in total.